The van der Waals surface area contributed by atoms with Crippen LogP contribution in [0.5, 0.6) is 5.75 Å². The summed E-state index contributed by atoms with van der Waals surface area (Å²) in [5.74, 6) is 0.780. The third kappa shape index (κ3) is 9.30. The molecule has 5 nitrogen and oxygen atoms in total. The Balaban J connectivity index is 0.00000338. The SMILES string of the molecule is CCCCCCOc1cccc(NC(=O)OCCN2CCCCC2)c1.Cl. The zero-order valence-corrected chi connectivity index (χ0v) is 16.7. The van der Waals surface area contributed by atoms with E-state index in [9.17, 15) is 4.79 Å². The number of amides is 1. The van der Waals surface area contributed by atoms with Crippen molar-refractivity contribution in [1.29, 1.82) is 0 Å². The number of carbonyl (C=O) groups is 1. The quantitative estimate of drug-likeness (QED) is 0.570. The minimum Gasteiger partial charge on any atom is -0.494 e. The van der Waals surface area contributed by atoms with E-state index in [2.05, 4.69) is 17.1 Å². The summed E-state index contributed by atoms with van der Waals surface area (Å²) in [6.45, 7) is 6.38. The predicted octanol–water partition coefficient (Wildman–Crippen LogP) is 5.10. The Bertz CT molecular complexity index is 508. The summed E-state index contributed by atoms with van der Waals surface area (Å²) in [6.07, 6.45) is 8.12. The third-order valence-electron chi connectivity index (χ3n) is 4.44. The summed E-state index contributed by atoms with van der Waals surface area (Å²) in [5, 5.41) is 2.77. The monoisotopic (exact) mass is 384 g/mol. The number of piperidine rings is 1. The molecule has 26 heavy (non-hydrogen) atoms. The molecule has 1 aliphatic rings. The van der Waals surface area contributed by atoms with Crippen molar-refractivity contribution in [3.05, 3.63) is 24.3 Å². The summed E-state index contributed by atoms with van der Waals surface area (Å²) in [5.41, 5.74) is 0.703. The molecule has 1 aliphatic heterocycles. The van der Waals surface area contributed by atoms with Gasteiger partial charge in [-0.15, -0.1) is 12.4 Å². The fourth-order valence-electron chi connectivity index (χ4n) is 2.99. The highest BCUT2D eigenvalue weighted by atomic mass is 35.5. The summed E-state index contributed by atoms with van der Waals surface area (Å²) in [6, 6.07) is 7.47. The number of likely N-dealkylation sites (tertiary alicyclic amines) is 1. The first-order chi connectivity index (χ1) is 12.3. The van der Waals surface area contributed by atoms with Crippen molar-refractivity contribution in [2.24, 2.45) is 0 Å². The van der Waals surface area contributed by atoms with E-state index in [0.717, 1.165) is 31.8 Å². The van der Waals surface area contributed by atoms with Crippen molar-refractivity contribution in [1.82, 2.24) is 4.90 Å². The highest BCUT2D eigenvalue weighted by molar-refractivity contribution is 5.85. The number of hydrogen-bond acceptors (Lipinski definition) is 4. The van der Waals surface area contributed by atoms with E-state index in [-0.39, 0.29) is 12.4 Å². The molecule has 148 valence electrons. The zero-order chi connectivity index (χ0) is 17.7. The fourth-order valence-corrected chi connectivity index (χ4v) is 2.99. The number of ether oxygens (including phenoxy) is 2. The Labute approximate surface area is 163 Å². The summed E-state index contributed by atoms with van der Waals surface area (Å²) in [4.78, 5) is 14.3. The largest absolute Gasteiger partial charge is 0.494 e. The minimum atomic E-state index is -0.405. The lowest BCUT2D eigenvalue weighted by Crippen LogP contribution is -2.33. The van der Waals surface area contributed by atoms with Crippen molar-refractivity contribution in [3.8, 4) is 5.75 Å². The van der Waals surface area contributed by atoms with E-state index >= 15 is 0 Å². The minimum absolute atomic E-state index is 0. The number of nitrogens with one attached hydrogen (secondary N) is 1. The number of hydrogen-bond donors (Lipinski definition) is 1. The van der Waals surface area contributed by atoms with Crippen LogP contribution >= 0.6 is 12.4 Å². The molecule has 0 bridgehead atoms. The maximum Gasteiger partial charge on any atom is 0.411 e. The third-order valence-corrected chi connectivity index (χ3v) is 4.44. The average molecular weight is 385 g/mol. The van der Waals surface area contributed by atoms with Crippen LogP contribution in [0.4, 0.5) is 10.5 Å². The summed E-state index contributed by atoms with van der Waals surface area (Å²) >= 11 is 0. The van der Waals surface area contributed by atoms with Gasteiger partial charge in [-0.05, 0) is 44.5 Å². The van der Waals surface area contributed by atoms with Crippen molar-refractivity contribution in [3.63, 3.8) is 0 Å². The Hall–Kier alpha value is -1.46. The molecule has 1 heterocycles. The summed E-state index contributed by atoms with van der Waals surface area (Å²) < 4.78 is 11.0. The summed E-state index contributed by atoms with van der Waals surface area (Å²) in [7, 11) is 0. The molecule has 6 heteroatoms. The normalized spacial score (nSPS) is 14.3. The molecule has 0 unspecified atom stereocenters. The molecule has 0 aromatic heterocycles. The maximum absolute atomic E-state index is 11.9. The van der Waals surface area contributed by atoms with Crippen LogP contribution in [0.1, 0.15) is 51.9 Å². The van der Waals surface area contributed by atoms with Gasteiger partial charge in [-0.2, -0.15) is 0 Å². The number of unbranched alkanes of at least 4 members (excludes halogenated alkanes) is 3. The first-order valence-corrected chi connectivity index (χ1v) is 9.67. The van der Waals surface area contributed by atoms with E-state index < -0.39 is 6.09 Å². The molecule has 1 fully saturated rings. The topological polar surface area (TPSA) is 50.8 Å². The molecule has 1 N–H and O–H groups in total. The molecular weight excluding hydrogens is 352 g/mol. The second-order valence-corrected chi connectivity index (χ2v) is 6.60. The number of anilines is 1. The number of nitrogens with zero attached hydrogens (tertiary/aromatic N) is 1. The molecule has 1 saturated heterocycles. The van der Waals surface area contributed by atoms with Crippen LogP contribution in [0.3, 0.4) is 0 Å². The molecule has 0 radical (unpaired) electrons. The molecule has 2 rings (SSSR count). The lowest BCUT2D eigenvalue weighted by Gasteiger charge is -2.25. The van der Waals surface area contributed by atoms with E-state index in [4.69, 9.17) is 9.47 Å². The van der Waals surface area contributed by atoms with Gasteiger partial charge >= 0.3 is 6.09 Å². The van der Waals surface area contributed by atoms with E-state index in [1.54, 1.807) is 0 Å². The lowest BCUT2D eigenvalue weighted by atomic mass is 10.1. The van der Waals surface area contributed by atoms with Crippen molar-refractivity contribution >= 4 is 24.2 Å². The van der Waals surface area contributed by atoms with Gasteiger partial charge in [-0.25, -0.2) is 4.79 Å². The highest BCUT2D eigenvalue weighted by Gasteiger charge is 2.11. The standard InChI is InChI=1S/C20H32N2O3.ClH/c1-2-3-4-8-15-24-19-11-9-10-18(17-19)21-20(23)25-16-14-22-12-6-5-7-13-22;/h9-11,17H,2-8,12-16H2,1H3,(H,21,23);1H. The smallest absolute Gasteiger partial charge is 0.411 e. The first kappa shape index (κ1) is 22.6. The second-order valence-electron chi connectivity index (χ2n) is 6.60. The Morgan fingerprint density at radius 3 is 2.69 bits per heavy atom. The van der Waals surface area contributed by atoms with Gasteiger partial charge in [0.2, 0.25) is 0 Å². The second kappa shape index (κ2) is 13.7. The first-order valence-electron chi connectivity index (χ1n) is 9.67. The van der Waals surface area contributed by atoms with E-state index in [1.165, 1.54) is 38.5 Å². The van der Waals surface area contributed by atoms with Gasteiger partial charge in [0.05, 0.1) is 6.61 Å². The van der Waals surface area contributed by atoms with Gasteiger partial charge in [-0.1, -0.05) is 38.7 Å². The number of benzene rings is 1. The van der Waals surface area contributed by atoms with Crippen LogP contribution in [0.25, 0.3) is 0 Å². The van der Waals surface area contributed by atoms with Gasteiger partial charge < -0.3 is 9.47 Å². The molecule has 1 aromatic rings. The van der Waals surface area contributed by atoms with Gasteiger partial charge in [0.15, 0.2) is 0 Å². The van der Waals surface area contributed by atoms with Crippen LogP contribution in [-0.4, -0.2) is 43.8 Å². The van der Waals surface area contributed by atoms with Gasteiger partial charge in [0, 0.05) is 18.3 Å². The zero-order valence-electron chi connectivity index (χ0n) is 15.9. The maximum atomic E-state index is 11.9. The Kier molecular flexibility index (Phi) is 11.9. The van der Waals surface area contributed by atoms with Crippen molar-refractivity contribution in [2.45, 2.75) is 51.9 Å². The number of halogens is 1. The molecule has 1 aromatic carbocycles. The Morgan fingerprint density at radius 1 is 1.12 bits per heavy atom. The van der Waals surface area contributed by atoms with Crippen molar-refractivity contribution in [2.75, 3.05) is 38.2 Å². The molecule has 1 amide bonds. The van der Waals surface area contributed by atoms with Gasteiger partial charge in [-0.3, -0.25) is 10.2 Å². The molecular formula is C20H33ClN2O3. The van der Waals surface area contributed by atoms with Gasteiger partial charge in [0.25, 0.3) is 0 Å². The molecule has 0 spiro atoms. The van der Waals surface area contributed by atoms with Crippen LogP contribution in [-0.2, 0) is 4.74 Å². The van der Waals surface area contributed by atoms with Crippen LogP contribution in [0.2, 0.25) is 0 Å². The fraction of sp³-hybridized carbons (Fsp3) is 0.650. The highest BCUT2D eigenvalue weighted by Crippen LogP contribution is 2.18. The van der Waals surface area contributed by atoms with Crippen LogP contribution < -0.4 is 10.1 Å². The van der Waals surface area contributed by atoms with Crippen LogP contribution in [0.15, 0.2) is 24.3 Å². The van der Waals surface area contributed by atoms with E-state index in [0.29, 0.717) is 18.9 Å². The predicted molar refractivity (Wildman–Crippen MR) is 109 cm³/mol. The lowest BCUT2D eigenvalue weighted by molar-refractivity contribution is 0.131. The van der Waals surface area contributed by atoms with Crippen molar-refractivity contribution < 1.29 is 14.3 Å². The van der Waals surface area contributed by atoms with Gasteiger partial charge in [0.1, 0.15) is 12.4 Å². The molecule has 0 aliphatic carbocycles. The average Bonchev–Trinajstić information content (AvgIpc) is 2.63. The molecule has 0 atom stereocenters. The van der Waals surface area contributed by atoms with Crippen LogP contribution in [0, 0.1) is 0 Å². The number of carbonyl (C=O) groups excluding carboxylic acids is 1. The Morgan fingerprint density at radius 2 is 1.92 bits per heavy atom. The molecule has 0 saturated carbocycles. The van der Waals surface area contributed by atoms with E-state index in [1.807, 2.05) is 24.3 Å². The number of rotatable bonds is 10.